The number of furan rings is 1. The van der Waals surface area contributed by atoms with E-state index in [-0.39, 0.29) is 16.5 Å². The number of benzene rings is 2. The SMILES string of the molecule is CCCCCOc1ccc(C2C(C(=O)c3ccco3)=C(O)C(=O)N2c2nnc(SCc3ccc(Cl)cc3Cl)s2)cc1. The summed E-state index contributed by atoms with van der Waals surface area (Å²) in [4.78, 5) is 28.2. The molecule has 1 N–H and O–H groups in total. The number of aliphatic hydroxyl groups is 1. The Morgan fingerprint density at radius 1 is 1.15 bits per heavy atom. The fraction of sp³-hybridized carbons (Fsp3) is 0.241. The summed E-state index contributed by atoms with van der Waals surface area (Å²) in [5.74, 6) is -0.816. The zero-order valence-corrected chi connectivity index (χ0v) is 25.0. The number of aliphatic hydroxyl groups excluding tert-OH is 1. The van der Waals surface area contributed by atoms with Crippen molar-refractivity contribution in [3.05, 3.63) is 99.1 Å². The molecule has 12 heteroatoms. The molecule has 0 spiro atoms. The summed E-state index contributed by atoms with van der Waals surface area (Å²) in [5.41, 5.74) is 1.37. The molecule has 212 valence electrons. The van der Waals surface area contributed by atoms with Gasteiger partial charge >= 0.3 is 0 Å². The quantitative estimate of drug-likeness (QED) is 0.0725. The third-order valence-electron chi connectivity index (χ3n) is 6.38. The van der Waals surface area contributed by atoms with E-state index in [1.807, 2.05) is 6.07 Å². The number of anilines is 1. The van der Waals surface area contributed by atoms with Crippen molar-refractivity contribution in [2.24, 2.45) is 0 Å². The Balaban J connectivity index is 1.43. The molecule has 8 nitrogen and oxygen atoms in total. The second kappa shape index (κ2) is 13.1. The largest absolute Gasteiger partial charge is 0.503 e. The molecule has 1 aliphatic heterocycles. The van der Waals surface area contributed by atoms with Gasteiger partial charge < -0.3 is 14.3 Å². The zero-order chi connectivity index (χ0) is 28.9. The van der Waals surface area contributed by atoms with Crippen LogP contribution in [0.4, 0.5) is 5.13 Å². The maximum atomic E-state index is 13.4. The molecule has 41 heavy (non-hydrogen) atoms. The van der Waals surface area contributed by atoms with Crippen LogP contribution in [0.2, 0.25) is 10.0 Å². The lowest BCUT2D eigenvalue weighted by Crippen LogP contribution is -2.31. The molecule has 5 rings (SSSR count). The summed E-state index contributed by atoms with van der Waals surface area (Å²) in [6, 6.07) is 14.5. The van der Waals surface area contributed by atoms with Gasteiger partial charge in [-0.3, -0.25) is 14.5 Å². The number of carbonyl (C=O) groups is 2. The van der Waals surface area contributed by atoms with E-state index in [4.69, 9.17) is 32.4 Å². The molecule has 1 atom stereocenters. The first-order valence-corrected chi connectivity index (χ1v) is 15.4. The van der Waals surface area contributed by atoms with Crippen LogP contribution in [0.25, 0.3) is 0 Å². The van der Waals surface area contributed by atoms with E-state index < -0.39 is 23.5 Å². The number of nitrogens with zero attached hydrogens (tertiary/aromatic N) is 3. The van der Waals surface area contributed by atoms with Crippen LogP contribution in [0.3, 0.4) is 0 Å². The molecule has 0 radical (unpaired) electrons. The number of amides is 1. The van der Waals surface area contributed by atoms with Crippen LogP contribution in [-0.4, -0.2) is 33.6 Å². The molecular formula is C29H25Cl2N3O5S2. The highest BCUT2D eigenvalue weighted by atomic mass is 35.5. The number of thioether (sulfide) groups is 1. The molecule has 3 heterocycles. The Hall–Kier alpha value is -3.31. The van der Waals surface area contributed by atoms with Crippen LogP contribution in [0.15, 0.2) is 80.9 Å². The number of Topliss-reactive ketones (excluding diaryl/α,β-unsaturated/α-hetero) is 1. The predicted octanol–water partition coefficient (Wildman–Crippen LogP) is 8.08. The van der Waals surface area contributed by atoms with E-state index in [2.05, 4.69) is 17.1 Å². The third-order valence-corrected chi connectivity index (χ3v) is 9.07. The summed E-state index contributed by atoms with van der Waals surface area (Å²) in [6.45, 7) is 2.72. The average molecular weight is 631 g/mol. The smallest absolute Gasteiger partial charge is 0.296 e. The number of aromatic nitrogens is 2. The van der Waals surface area contributed by atoms with Crippen LogP contribution < -0.4 is 9.64 Å². The monoisotopic (exact) mass is 629 g/mol. The van der Waals surface area contributed by atoms with Crippen molar-refractivity contribution in [3.63, 3.8) is 0 Å². The molecule has 0 bridgehead atoms. The van der Waals surface area contributed by atoms with Gasteiger partial charge in [-0.05, 0) is 53.9 Å². The van der Waals surface area contributed by atoms with E-state index in [9.17, 15) is 14.7 Å². The molecule has 1 unspecified atom stereocenters. The lowest BCUT2D eigenvalue weighted by Gasteiger charge is -2.24. The lowest BCUT2D eigenvalue weighted by atomic mass is 9.95. The zero-order valence-electron chi connectivity index (χ0n) is 21.9. The van der Waals surface area contributed by atoms with Gasteiger partial charge in [0.25, 0.3) is 5.91 Å². The molecular weight excluding hydrogens is 605 g/mol. The number of unbranched alkanes of at least 4 members (excludes halogenated alkanes) is 2. The number of hydrogen-bond donors (Lipinski definition) is 1. The highest BCUT2D eigenvalue weighted by molar-refractivity contribution is 8.00. The summed E-state index contributed by atoms with van der Waals surface area (Å²) < 4.78 is 11.7. The normalized spacial score (nSPS) is 15.1. The van der Waals surface area contributed by atoms with Gasteiger partial charge in [0.05, 0.1) is 24.5 Å². The highest BCUT2D eigenvalue weighted by Gasteiger charge is 2.46. The average Bonchev–Trinajstić information content (AvgIpc) is 3.72. The standard InChI is InChI=1S/C29H25Cl2N3O5S2/c1-2-3-4-13-38-20-11-8-17(9-12-20)24-23(25(35)22-6-5-14-39-22)26(36)27(37)34(24)28-32-33-29(41-28)40-16-18-7-10-19(30)15-21(18)31/h5-12,14-15,24,36H,2-4,13,16H2,1H3. The minimum Gasteiger partial charge on any atom is -0.503 e. The number of carbonyl (C=O) groups excluding carboxylic acids is 2. The van der Waals surface area contributed by atoms with Crippen molar-refractivity contribution in [1.29, 1.82) is 0 Å². The minimum absolute atomic E-state index is 0.00966. The Morgan fingerprint density at radius 3 is 2.66 bits per heavy atom. The topological polar surface area (TPSA) is 106 Å². The van der Waals surface area contributed by atoms with Crippen molar-refractivity contribution in [2.45, 2.75) is 42.3 Å². The number of hydrogen-bond acceptors (Lipinski definition) is 9. The third kappa shape index (κ3) is 6.46. The van der Waals surface area contributed by atoms with Crippen LogP contribution in [0.1, 0.15) is 53.9 Å². The summed E-state index contributed by atoms with van der Waals surface area (Å²) in [7, 11) is 0. The predicted molar refractivity (Wildman–Crippen MR) is 160 cm³/mol. The summed E-state index contributed by atoms with van der Waals surface area (Å²) in [6.07, 6.45) is 4.48. The van der Waals surface area contributed by atoms with E-state index >= 15 is 0 Å². The second-order valence-corrected chi connectivity index (χ2v) is 12.2. The minimum atomic E-state index is -0.953. The molecule has 2 aromatic heterocycles. The molecule has 0 aliphatic carbocycles. The number of ketones is 1. The molecule has 0 saturated heterocycles. The van der Waals surface area contributed by atoms with Gasteiger partial charge in [-0.2, -0.15) is 0 Å². The van der Waals surface area contributed by atoms with Gasteiger partial charge in [0.1, 0.15) is 5.75 Å². The number of rotatable bonds is 12. The van der Waals surface area contributed by atoms with Gasteiger partial charge in [0.15, 0.2) is 15.9 Å². The molecule has 2 aromatic carbocycles. The molecule has 1 amide bonds. The maximum absolute atomic E-state index is 13.4. The van der Waals surface area contributed by atoms with Crippen molar-refractivity contribution < 1.29 is 23.8 Å². The fourth-order valence-corrected chi connectivity index (χ4v) is 6.74. The van der Waals surface area contributed by atoms with E-state index in [1.165, 1.54) is 40.3 Å². The van der Waals surface area contributed by atoms with Crippen molar-refractivity contribution in [2.75, 3.05) is 11.5 Å². The summed E-state index contributed by atoms with van der Waals surface area (Å²) in [5, 5.41) is 20.7. The number of ether oxygens (including phenoxy) is 1. The molecule has 0 saturated carbocycles. The van der Waals surface area contributed by atoms with Crippen LogP contribution in [0, 0.1) is 0 Å². The van der Waals surface area contributed by atoms with E-state index in [0.29, 0.717) is 38.1 Å². The first kappa shape index (κ1) is 29.2. The van der Waals surface area contributed by atoms with E-state index in [0.717, 1.165) is 24.8 Å². The van der Waals surface area contributed by atoms with Gasteiger partial charge in [0, 0.05) is 15.8 Å². The maximum Gasteiger partial charge on any atom is 0.296 e. The van der Waals surface area contributed by atoms with Crippen molar-refractivity contribution in [3.8, 4) is 5.75 Å². The highest BCUT2D eigenvalue weighted by Crippen LogP contribution is 2.44. The Bertz CT molecular complexity index is 1570. The Morgan fingerprint density at radius 2 is 1.95 bits per heavy atom. The van der Waals surface area contributed by atoms with Crippen molar-refractivity contribution in [1.82, 2.24) is 10.2 Å². The van der Waals surface area contributed by atoms with E-state index in [1.54, 1.807) is 42.5 Å². The fourth-order valence-electron chi connectivity index (χ4n) is 4.32. The Labute approximate surface area is 254 Å². The molecule has 1 aliphatic rings. The number of halogens is 2. The van der Waals surface area contributed by atoms with Gasteiger partial charge in [-0.1, -0.05) is 84.3 Å². The van der Waals surface area contributed by atoms with Crippen LogP contribution >= 0.6 is 46.3 Å². The second-order valence-electron chi connectivity index (χ2n) is 9.15. The van der Waals surface area contributed by atoms with Crippen LogP contribution in [0.5, 0.6) is 5.75 Å². The molecule has 0 fully saturated rings. The summed E-state index contributed by atoms with van der Waals surface area (Å²) >= 11 is 14.9. The van der Waals surface area contributed by atoms with Gasteiger partial charge in [-0.25, -0.2) is 0 Å². The Kier molecular flexibility index (Phi) is 9.34. The van der Waals surface area contributed by atoms with Gasteiger partial charge in [-0.15, -0.1) is 10.2 Å². The first-order chi connectivity index (χ1) is 19.9. The lowest BCUT2D eigenvalue weighted by molar-refractivity contribution is -0.117. The molecule has 4 aromatic rings. The van der Waals surface area contributed by atoms with Crippen LogP contribution in [-0.2, 0) is 10.5 Å². The van der Waals surface area contributed by atoms with Gasteiger partial charge in [0.2, 0.25) is 10.9 Å². The first-order valence-electron chi connectivity index (χ1n) is 12.8. The van der Waals surface area contributed by atoms with Crippen molar-refractivity contribution >= 4 is 63.1 Å².